The molecule has 2 aliphatic rings. The van der Waals surface area contributed by atoms with Gasteiger partial charge >= 0.3 is 5.97 Å². The van der Waals surface area contributed by atoms with Gasteiger partial charge in [0.25, 0.3) is 5.91 Å². The Kier molecular flexibility index (Phi) is 6.14. The first kappa shape index (κ1) is 24.2. The second-order valence-electron chi connectivity index (χ2n) is 8.91. The van der Waals surface area contributed by atoms with Crippen LogP contribution in [0.2, 0.25) is 10.0 Å². The molecule has 2 amide bonds. The highest BCUT2D eigenvalue weighted by Crippen LogP contribution is 2.61. The molecule has 0 saturated heterocycles. The summed E-state index contributed by atoms with van der Waals surface area (Å²) in [6.07, 6.45) is 1.63. The number of methoxy groups -OCH3 is 1. The topological polar surface area (TPSA) is 95.9 Å². The minimum Gasteiger partial charge on any atom is -0.495 e. The number of aliphatic carboxylic acids is 1. The van der Waals surface area contributed by atoms with Crippen molar-refractivity contribution >= 4 is 52.4 Å². The van der Waals surface area contributed by atoms with Crippen LogP contribution in [0.25, 0.3) is 0 Å². The Morgan fingerprint density at radius 3 is 2.28 bits per heavy atom. The summed E-state index contributed by atoms with van der Waals surface area (Å²) >= 11 is 12.2. The number of ether oxygens (including phenoxy) is 1. The Morgan fingerprint density at radius 1 is 1.06 bits per heavy atom. The van der Waals surface area contributed by atoms with Crippen LogP contribution in [0.5, 0.6) is 5.75 Å². The van der Waals surface area contributed by atoms with Gasteiger partial charge in [-0.25, -0.2) is 4.79 Å². The summed E-state index contributed by atoms with van der Waals surface area (Å²) in [5.41, 5.74) is 2.60. The monoisotopic (exact) mass is 524 g/mol. The van der Waals surface area contributed by atoms with Gasteiger partial charge in [0.2, 0.25) is 5.91 Å². The third kappa shape index (κ3) is 3.98. The van der Waals surface area contributed by atoms with E-state index in [0.29, 0.717) is 17.0 Å². The zero-order valence-corrected chi connectivity index (χ0v) is 20.8. The summed E-state index contributed by atoms with van der Waals surface area (Å²) in [7, 11) is 1.58. The minimum absolute atomic E-state index is 0.0158. The molecule has 1 spiro atoms. The van der Waals surface area contributed by atoms with E-state index in [1.807, 2.05) is 18.2 Å². The third-order valence-corrected chi connectivity index (χ3v) is 7.38. The van der Waals surface area contributed by atoms with Crippen molar-refractivity contribution < 1.29 is 24.2 Å². The number of carboxylic acids is 1. The van der Waals surface area contributed by atoms with E-state index in [2.05, 4.69) is 5.32 Å². The first-order valence-electron chi connectivity index (χ1n) is 11.4. The van der Waals surface area contributed by atoms with Crippen LogP contribution in [0.1, 0.15) is 34.3 Å². The van der Waals surface area contributed by atoms with Gasteiger partial charge in [-0.2, -0.15) is 0 Å². The van der Waals surface area contributed by atoms with E-state index in [1.165, 1.54) is 12.1 Å². The van der Waals surface area contributed by atoms with E-state index in [1.54, 1.807) is 42.3 Å². The van der Waals surface area contributed by atoms with Gasteiger partial charge in [0.15, 0.2) is 0 Å². The van der Waals surface area contributed by atoms with Crippen LogP contribution in [0.3, 0.4) is 0 Å². The number of nitrogens with zero attached hydrogens (tertiary/aromatic N) is 1. The van der Waals surface area contributed by atoms with E-state index >= 15 is 0 Å². The lowest BCUT2D eigenvalue weighted by Crippen LogP contribution is -2.42. The molecule has 0 aromatic heterocycles. The van der Waals surface area contributed by atoms with E-state index in [4.69, 9.17) is 27.9 Å². The molecule has 1 unspecified atom stereocenters. The Labute approximate surface area is 217 Å². The highest BCUT2D eigenvalue weighted by molar-refractivity contribution is 6.39. The van der Waals surface area contributed by atoms with Crippen molar-refractivity contribution in [2.24, 2.45) is 0 Å². The number of carbonyl (C=O) groups excluding carboxylic acids is 2. The molecule has 1 saturated carbocycles. The molecule has 1 fully saturated rings. The SMILES string of the molecule is COc1cccc2c1N(c1ccc(CC(NC(=O)c3c(Cl)cccc3Cl)C(=O)O)cc1)C(=O)C21CC1. The van der Waals surface area contributed by atoms with Gasteiger partial charge in [-0.15, -0.1) is 0 Å². The highest BCUT2D eigenvalue weighted by atomic mass is 35.5. The number of fused-ring (bicyclic) bond motifs is 2. The number of para-hydroxylation sites is 1. The molecular weight excluding hydrogens is 503 g/mol. The van der Waals surface area contributed by atoms with E-state index in [-0.39, 0.29) is 27.9 Å². The lowest BCUT2D eigenvalue weighted by atomic mass is 9.98. The lowest BCUT2D eigenvalue weighted by molar-refractivity contribution is -0.139. The van der Waals surface area contributed by atoms with E-state index < -0.39 is 23.3 Å². The number of nitrogens with one attached hydrogen (secondary N) is 1. The van der Waals surface area contributed by atoms with Gasteiger partial charge in [-0.1, -0.05) is 53.5 Å². The van der Waals surface area contributed by atoms with Gasteiger partial charge in [-0.05, 0) is 54.3 Å². The van der Waals surface area contributed by atoms with Crippen LogP contribution in [-0.2, 0) is 21.4 Å². The molecule has 1 atom stereocenters. The average molecular weight is 525 g/mol. The van der Waals surface area contributed by atoms with Gasteiger partial charge in [0.1, 0.15) is 11.8 Å². The predicted molar refractivity (Wildman–Crippen MR) is 137 cm³/mol. The van der Waals surface area contributed by atoms with E-state index in [9.17, 15) is 19.5 Å². The van der Waals surface area contributed by atoms with E-state index in [0.717, 1.165) is 24.1 Å². The molecule has 9 heteroatoms. The molecule has 5 rings (SSSR count). The maximum Gasteiger partial charge on any atom is 0.326 e. The zero-order chi connectivity index (χ0) is 25.6. The van der Waals surface area contributed by atoms with Crippen molar-refractivity contribution in [1.29, 1.82) is 0 Å². The molecule has 7 nitrogen and oxygen atoms in total. The molecule has 0 radical (unpaired) electrons. The molecule has 1 heterocycles. The third-order valence-electron chi connectivity index (χ3n) is 6.75. The molecule has 1 aliphatic heterocycles. The van der Waals surface area contributed by atoms with Gasteiger partial charge in [-0.3, -0.25) is 14.5 Å². The van der Waals surface area contributed by atoms with Crippen molar-refractivity contribution in [2.75, 3.05) is 12.0 Å². The first-order valence-corrected chi connectivity index (χ1v) is 12.1. The minimum atomic E-state index is -1.21. The summed E-state index contributed by atoms with van der Waals surface area (Å²) in [5, 5.41) is 12.5. The summed E-state index contributed by atoms with van der Waals surface area (Å²) in [6, 6.07) is 16.2. The number of carboxylic acid groups (broad SMARTS) is 1. The van der Waals surface area contributed by atoms with Crippen LogP contribution in [-0.4, -0.2) is 36.0 Å². The second kappa shape index (κ2) is 9.15. The summed E-state index contributed by atoms with van der Waals surface area (Å²) in [5.74, 6) is -1.22. The Hall–Kier alpha value is -3.55. The maximum absolute atomic E-state index is 13.4. The van der Waals surface area contributed by atoms with Crippen molar-refractivity contribution in [1.82, 2.24) is 5.32 Å². The molecule has 36 heavy (non-hydrogen) atoms. The second-order valence-corrected chi connectivity index (χ2v) is 9.73. The fourth-order valence-electron chi connectivity index (χ4n) is 4.75. The quantitative estimate of drug-likeness (QED) is 0.446. The predicted octanol–water partition coefficient (Wildman–Crippen LogP) is 5.14. The Morgan fingerprint density at radius 2 is 1.69 bits per heavy atom. The van der Waals surface area contributed by atoms with Crippen LogP contribution in [0.4, 0.5) is 11.4 Å². The molecule has 184 valence electrons. The van der Waals surface area contributed by atoms with Crippen LogP contribution in [0, 0.1) is 0 Å². The smallest absolute Gasteiger partial charge is 0.326 e. The number of carbonyl (C=O) groups is 3. The van der Waals surface area contributed by atoms with Crippen LogP contribution in [0.15, 0.2) is 60.7 Å². The Bertz CT molecular complexity index is 1370. The molecule has 1 aliphatic carbocycles. The number of anilines is 2. The number of amides is 2. The highest BCUT2D eigenvalue weighted by Gasteiger charge is 2.60. The fraction of sp³-hybridized carbons (Fsp3) is 0.222. The molecule has 3 aromatic carbocycles. The molecule has 0 bridgehead atoms. The van der Waals surface area contributed by atoms with Crippen molar-refractivity contribution in [3.05, 3.63) is 87.4 Å². The van der Waals surface area contributed by atoms with Gasteiger partial charge in [0, 0.05) is 12.1 Å². The lowest BCUT2D eigenvalue weighted by Gasteiger charge is -2.21. The number of halogens is 2. The van der Waals surface area contributed by atoms with Crippen LogP contribution >= 0.6 is 23.2 Å². The molecule has 3 aromatic rings. The summed E-state index contributed by atoms with van der Waals surface area (Å²) in [6.45, 7) is 0. The largest absolute Gasteiger partial charge is 0.495 e. The summed E-state index contributed by atoms with van der Waals surface area (Å²) < 4.78 is 5.55. The average Bonchev–Trinajstić information content (AvgIpc) is 3.62. The fourth-order valence-corrected chi connectivity index (χ4v) is 5.32. The molecule has 2 N–H and O–H groups in total. The number of hydrogen-bond acceptors (Lipinski definition) is 4. The molecular formula is C27H22Cl2N2O5. The Balaban J connectivity index is 1.38. The van der Waals surface area contributed by atoms with Crippen molar-refractivity contribution in [3.63, 3.8) is 0 Å². The van der Waals surface area contributed by atoms with Crippen LogP contribution < -0.4 is 15.0 Å². The maximum atomic E-state index is 13.4. The van der Waals surface area contributed by atoms with Gasteiger partial charge < -0.3 is 15.2 Å². The van der Waals surface area contributed by atoms with Crippen molar-refractivity contribution in [2.45, 2.75) is 30.7 Å². The standard InChI is InChI=1S/C27H22Cl2N2O5/c1-36-21-7-2-4-17-23(21)31(26(35)27(17)12-13-27)16-10-8-15(9-11-16)14-20(25(33)34)30-24(32)22-18(28)5-3-6-19(22)29/h2-11,20H,12-14H2,1H3,(H,30,32)(H,33,34). The number of hydrogen-bond donors (Lipinski definition) is 2. The zero-order valence-electron chi connectivity index (χ0n) is 19.3. The summed E-state index contributed by atoms with van der Waals surface area (Å²) in [4.78, 5) is 39.7. The normalized spacial score (nSPS) is 16.0. The first-order chi connectivity index (χ1) is 17.3. The van der Waals surface area contributed by atoms with Gasteiger partial charge in [0.05, 0.1) is 33.8 Å². The number of rotatable bonds is 7. The van der Waals surface area contributed by atoms with Crippen molar-refractivity contribution in [3.8, 4) is 5.75 Å². The number of benzene rings is 3.